The van der Waals surface area contributed by atoms with Gasteiger partial charge in [-0.15, -0.1) is 0 Å². The van der Waals surface area contributed by atoms with Crippen molar-refractivity contribution in [2.75, 3.05) is 45.9 Å². The fraction of sp³-hybridized carbons (Fsp3) is 0.346. The van der Waals surface area contributed by atoms with Gasteiger partial charge in [0.05, 0.1) is 13.1 Å². The van der Waals surface area contributed by atoms with E-state index in [0.717, 1.165) is 22.3 Å². The number of nitrogens with one attached hydrogen (secondary N) is 1. The Morgan fingerprint density at radius 2 is 1.65 bits per heavy atom. The van der Waals surface area contributed by atoms with Crippen LogP contribution in [0.15, 0.2) is 48.5 Å². The van der Waals surface area contributed by atoms with Gasteiger partial charge in [0.2, 0.25) is 0 Å². The highest BCUT2D eigenvalue weighted by Crippen LogP contribution is 2.44. The third kappa shape index (κ3) is 5.56. The van der Waals surface area contributed by atoms with Gasteiger partial charge in [0, 0.05) is 32.1 Å². The molecule has 0 aromatic heterocycles. The van der Waals surface area contributed by atoms with E-state index in [0.29, 0.717) is 32.6 Å². The Kier molecular flexibility index (Phi) is 7.45. The predicted octanol–water partition coefficient (Wildman–Crippen LogP) is 2.15. The van der Waals surface area contributed by atoms with E-state index in [2.05, 4.69) is 41.4 Å². The number of rotatable bonds is 5. The van der Waals surface area contributed by atoms with Crippen LogP contribution in [0.25, 0.3) is 11.1 Å². The van der Waals surface area contributed by atoms with Crippen molar-refractivity contribution in [2.24, 2.45) is 0 Å². The zero-order valence-electron chi connectivity index (χ0n) is 18.8. The summed E-state index contributed by atoms with van der Waals surface area (Å²) in [5.41, 5.74) is 4.61. The average molecular weight is 462 g/mol. The summed E-state index contributed by atoms with van der Waals surface area (Å²) in [6.45, 7) is 2.28. The number of aliphatic carboxylic acids is 1. The highest BCUT2D eigenvalue weighted by atomic mass is 16.5. The molecular weight excluding hydrogens is 434 g/mol. The van der Waals surface area contributed by atoms with Gasteiger partial charge < -0.3 is 20.1 Å². The second-order valence-corrected chi connectivity index (χ2v) is 8.30. The van der Waals surface area contributed by atoms with Crippen molar-refractivity contribution in [1.29, 1.82) is 0 Å². The van der Waals surface area contributed by atoms with E-state index in [1.54, 1.807) is 4.90 Å². The molecule has 1 aliphatic heterocycles. The summed E-state index contributed by atoms with van der Waals surface area (Å²) in [4.78, 5) is 38.8. The number of fused-ring (bicyclic) bond motifs is 3. The van der Waals surface area contributed by atoms with Gasteiger partial charge in [-0.3, -0.25) is 14.5 Å². The van der Waals surface area contributed by atoms with Crippen LogP contribution in [-0.2, 0) is 14.3 Å². The van der Waals surface area contributed by atoms with Gasteiger partial charge in [-0.1, -0.05) is 54.5 Å². The molecule has 2 aromatic rings. The summed E-state index contributed by atoms with van der Waals surface area (Å²) in [7, 11) is 0. The van der Waals surface area contributed by atoms with Gasteiger partial charge in [-0.05, 0) is 34.6 Å². The Balaban J connectivity index is 1.24. The van der Waals surface area contributed by atoms with Crippen molar-refractivity contribution in [3.8, 4) is 23.0 Å². The summed E-state index contributed by atoms with van der Waals surface area (Å²) in [6, 6.07) is 16.2. The van der Waals surface area contributed by atoms with Crippen molar-refractivity contribution in [1.82, 2.24) is 15.1 Å². The second-order valence-electron chi connectivity index (χ2n) is 8.30. The summed E-state index contributed by atoms with van der Waals surface area (Å²) >= 11 is 0. The largest absolute Gasteiger partial charge is 0.480 e. The van der Waals surface area contributed by atoms with Crippen molar-refractivity contribution in [3.63, 3.8) is 0 Å². The van der Waals surface area contributed by atoms with Crippen molar-refractivity contribution < 1.29 is 24.2 Å². The maximum atomic E-state index is 12.3. The lowest BCUT2D eigenvalue weighted by molar-refractivity contribution is -0.138. The molecule has 176 valence electrons. The van der Waals surface area contributed by atoms with Crippen LogP contribution in [0.2, 0.25) is 0 Å². The minimum atomic E-state index is -0.876. The number of hydrogen-bond donors (Lipinski definition) is 2. The molecule has 1 heterocycles. The van der Waals surface area contributed by atoms with Crippen LogP contribution in [-0.4, -0.2) is 78.8 Å². The number of carboxylic acid groups (broad SMARTS) is 1. The summed E-state index contributed by atoms with van der Waals surface area (Å²) < 4.78 is 5.46. The van der Waals surface area contributed by atoms with Crippen molar-refractivity contribution >= 4 is 18.0 Å². The lowest BCUT2D eigenvalue weighted by Gasteiger charge is -2.18. The first-order chi connectivity index (χ1) is 16.5. The van der Waals surface area contributed by atoms with Gasteiger partial charge >= 0.3 is 12.1 Å². The molecule has 34 heavy (non-hydrogen) atoms. The van der Waals surface area contributed by atoms with E-state index in [9.17, 15) is 14.4 Å². The fourth-order valence-corrected chi connectivity index (χ4v) is 4.49. The number of hydrogen-bond acceptors (Lipinski definition) is 5. The zero-order valence-corrected chi connectivity index (χ0v) is 18.8. The number of ether oxygens (including phenoxy) is 1. The Hall–Kier alpha value is -3.83. The first kappa shape index (κ1) is 23.3. The standard InChI is InChI=1S/C26H27N3O5/c30-24(29-14-6-13-28(15-16-29)17-25(31)32)11-5-12-27-26(33)34-18-23-21-9-3-1-7-19(21)20-8-2-4-10-22(20)23/h1-4,7-10,23H,6,12-18H2,(H,27,33)(H,31,32). The fourth-order valence-electron chi connectivity index (χ4n) is 4.49. The van der Waals surface area contributed by atoms with Crippen LogP contribution >= 0.6 is 0 Å². The molecular formula is C26H27N3O5. The third-order valence-corrected chi connectivity index (χ3v) is 6.09. The number of carbonyl (C=O) groups is 3. The molecule has 8 heteroatoms. The minimum Gasteiger partial charge on any atom is -0.480 e. The molecule has 1 aliphatic carbocycles. The maximum Gasteiger partial charge on any atom is 0.407 e. The molecule has 0 atom stereocenters. The number of benzene rings is 2. The Morgan fingerprint density at radius 3 is 2.32 bits per heavy atom. The Bertz CT molecular complexity index is 1090. The number of carbonyl (C=O) groups excluding carboxylic acids is 2. The second kappa shape index (κ2) is 10.9. The molecule has 0 spiro atoms. The predicted molar refractivity (Wildman–Crippen MR) is 126 cm³/mol. The number of alkyl carbamates (subject to hydrolysis) is 1. The van der Waals surface area contributed by atoms with E-state index in [1.165, 1.54) is 0 Å². The summed E-state index contributed by atoms with van der Waals surface area (Å²) in [5, 5.41) is 11.5. The average Bonchev–Trinajstić information content (AvgIpc) is 2.96. The number of carboxylic acids is 1. The summed E-state index contributed by atoms with van der Waals surface area (Å²) in [6.07, 6.45) is 0.112. The minimum absolute atomic E-state index is 0.00138. The normalized spacial score (nSPS) is 15.4. The molecule has 2 aromatic carbocycles. The van der Waals surface area contributed by atoms with Crippen LogP contribution in [0, 0.1) is 11.8 Å². The first-order valence-corrected chi connectivity index (χ1v) is 11.3. The van der Waals surface area contributed by atoms with E-state index in [1.807, 2.05) is 29.2 Å². The van der Waals surface area contributed by atoms with E-state index >= 15 is 0 Å². The molecule has 2 aliphatic rings. The molecule has 0 radical (unpaired) electrons. The van der Waals surface area contributed by atoms with Crippen LogP contribution in [0.3, 0.4) is 0 Å². The summed E-state index contributed by atoms with van der Waals surface area (Å²) in [5.74, 6) is 4.00. The lowest BCUT2D eigenvalue weighted by atomic mass is 9.98. The number of amides is 2. The van der Waals surface area contributed by atoms with E-state index in [-0.39, 0.29) is 31.5 Å². The molecule has 1 fully saturated rings. The van der Waals surface area contributed by atoms with Crippen LogP contribution in [0.4, 0.5) is 4.79 Å². The van der Waals surface area contributed by atoms with Gasteiger partial charge in [0.25, 0.3) is 5.91 Å². The highest BCUT2D eigenvalue weighted by Gasteiger charge is 2.29. The highest BCUT2D eigenvalue weighted by molar-refractivity contribution is 5.93. The maximum absolute atomic E-state index is 12.3. The lowest BCUT2D eigenvalue weighted by Crippen LogP contribution is -2.36. The van der Waals surface area contributed by atoms with Gasteiger partial charge in [-0.25, -0.2) is 4.79 Å². The van der Waals surface area contributed by atoms with Crippen LogP contribution in [0.5, 0.6) is 0 Å². The van der Waals surface area contributed by atoms with Crippen LogP contribution in [0.1, 0.15) is 23.5 Å². The first-order valence-electron chi connectivity index (χ1n) is 11.3. The molecule has 4 rings (SSSR count). The topological polar surface area (TPSA) is 99.2 Å². The smallest absolute Gasteiger partial charge is 0.407 e. The Labute approximate surface area is 198 Å². The molecule has 0 saturated carbocycles. The zero-order chi connectivity index (χ0) is 23.9. The molecule has 2 amide bonds. The number of nitrogens with zero attached hydrogens (tertiary/aromatic N) is 2. The Morgan fingerprint density at radius 1 is 0.971 bits per heavy atom. The van der Waals surface area contributed by atoms with Gasteiger partial charge in [-0.2, -0.15) is 0 Å². The quantitative estimate of drug-likeness (QED) is 0.662. The molecule has 0 bridgehead atoms. The van der Waals surface area contributed by atoms with Gasteiger partial charge in [0.1, 0.15) is 6.61 Å². The van der Waals surface area contributed by atoms with E-state index in [4.69, 9.17) is 9.84 Å². The monoisotopic (exact) mass is 461 g/mol. The third-order valence-electron chi connectivity index (χ3n) is 6.09. The van der Waals surface area contributed by atoms with Crippen molar-refractivity contribution in [3.05, 3.63) is 59.7 Å². The van der Waals surface area contributed by atoms with E-state index < -0.39 is 12.1 Å². The SMILES string of the molecule is O=C(O)CN1CCCN(C(=O)C#CCNC(=O)OCC2c3ccccc3-c3ccccc32)CC1. The molecule has 0 unspecified atom stereocenters. The van der Waals surface area contributed by atoms with Crippen molar-refractivity contribution in [2.45, 2.75) is 12.3 Å². The van der Waals surface area contributed by atoms with Crippen LogP contribution < -0.4 is 5.32 Å². The van der Waals surface area contributed by atoms with Gasteiger partial charge in [0.15, 0.2) is 0 Å². The molecule has 2 N–H and O–H groups in total. The molecule has 1 saturated heterocycles. The molecule has 8 nitrogen and oxygen atoms in total.